The maximum Gasteiger partial charge on any atom is 0.227 e. The molecule has 4 rings (SSSR count). The molecule has 2 aromatic rings. The predicted molar refractivity (Wildman–Crippen MR) is 101 cm³/mol. The van der Waals surface area contributed by atoms with E-state index in [0.29, 0.717) is 19.6 Å². The van der Waals surface area contributed by atoms with Crippen LogP contribution < -0.4 is 19.7 Å². The van der Waals surface area contributed by atoms with Gasteiger partial charge in [-0.3, -0.25) is 4.79 Å². The first kappa shape index (κ1) is 17.1. The van der Waals surface area contributed by atoms with Gasteiger partial charge in [0.05, 0.1) is 25.3 Å². The van der Waals surface area contributed by atoms with Gasteiger partial charge in [0, 0.05) is 24.5 Å². The van der Waals surface area contributed by atoms with Crippen molar-refractivity contribution < 1.29 is 14.3 Å². The lowest BCUT2D eigenvalue weighted by molar-refractivity contribution is -0.126. The highest BCUT2D eigenvalue weighted by atomic mass is 32.1. The lowest BCUT2D eigenvalue weighted by atomic mass is 9.96. The number of aromatic nitrogens is 1. The minimum absolute atomic E-state index is 0.0159. The summed E-state index contributed by atoms with van der Waals surface area (Å²) in [5, 5.41) is 6.11. The molecular weight excluding hydrogens is 350 g/mol. The van der Waals surface area contributed by atoms with Crippen LogP contribution in [0.15, 0.2) is 23.6 Å². The van der Waals surface area contributed by atoms with Crippen molar-refractivity contribution in [3.8, 4) is 11.5 Å². The molecule has 0 bridgehead atoms. The summed E-state index contributed by atoms with van der Waals surface area (Å²) in [6.45, 7) is 3.03. The van der Waals surface area contributed by atoms with Gasteiger partial charge in [0.15, 0.2) is 5.13 Å². The van der Waals surface area contributed by atoms with E-state index in [1.807, 2.05) is 23.6 Å². The summed E-state index contributed by atoms with van der Waals surface area (Å²) in [6.07, 6.45) is 3.16. The maximum atomic E-state index is 12.5. The number of methoxy groups -OCH3 is 1. The third-order valence-corrected chi connectivity index (χ3v) is 5.86. The smallest absolute Gasteiger partial charge is 0.227 e. The molecule has 138 valence electrons. The van der Waals surface area contributed by atoms with E-state index in [9.17, 15) is 4.79 Å². The summed E-state index contributed by atoms with van der Waals surface area (Å²) in [5.74, 6) is 1.42. The molecule has 1 atom stereocenters. The van der Waals surface area contributed by atoms with Crippen LogP contribution in [0.2, 0.25) is 0 Å². The van der Waals surface area contributed by atoms with Gasteiger partial charge in [-0.25, -0.2) is 4.98 Å². The fourth-order valence-electron chi connectivity index (χ4n) is 3.40. The van der Waals surface area contributed by atoms with E-state index in [2.05, 4.69) is 15.2 Å². The topological polar surface area (TPSA) is 63.7 Å². The largest absolute Gasteiger partial charge is 0.497 e. The highest BCUT2D eigenvalue weighted by Crippen LogP contribution is 2.31. The van der Waals surface area contributed by atoms with Crippen molar-refractivity contribution in [2.45, 2.75) is 25.8 Å². The number of nitrogens with zero attached hydrogens (tertiary/aromatic N) is 2. The van der Waals surface area contributed by atoms with Crippen LogP contribution in [0, 0.1) is 5.92 Å². The molecule has 0 radical (unpaired) electrons. The van der Waals surface area contributed by atoms with Crippen LogP contribution in [0.4, 0.5) is 5.13 Å². The molecule has 1 N–H and O–H groups in total. The quantitative estimate of drug-likeness (QED) is 0.873. The van der Waals surface area contributed by atoms with Crippen LogP contribution in [0.25, 0.3) is 0 Å². The minimum atomic E-state index is -0.174. The van der Waals surface area contributed by atoms with Gasteiger partial charge in [-0.15, -0.1) is 11.3 Å². The molecule has 0 unspecified atom stereocenters. The number of thiazole rings is 1. The molecule has 1 aromatic carbocycles. The van der Waals surface area contributed by atoms with E-state index in [-0.39, 0.29) is 11.8 Å². The summed E-state index contributed by atoms with van der Waals surface area (Å²) < 4.78 is 11.0. The van der Waals surface area contributed by atoms with Gasteiger partial charge in [0.1, 0.15) is 18.1 Å². The second kappa shape index (κ2) is 7.53. The standard InChI is InChI=1S/C19H23N3O3S/c1-24-16-5-4-13-8-14(11-25-17(13)9-16)18(23)20-10-15-12-26-19(21-15)22-6-2-3-7-22/h4-5,9,12,14H,2-3,6-8,10-11H2,1H3,(H,20,23)/t14-/m0/s1. The normalized spacial score (nSPS) is 19.0. The average molecular weight is 373 g/mol. The Hall–Kier alpha value is -2.28. The van der Waals surface area contributed by atoms with Crippen molar-refractivity contribution in [3.05, 3.63) is 34.8 Å². The number of hydrogen-bond acceptors (Lipinski definition) is 6. The molecular formula is C19H23N3O3S. The van der Waals surface area contributed by atoms with Crippen molar-refractivity contribution in [2.24, 2.45) is 5.92 Å². The summed E-state index contributed by atoms with van der Waals surface area (Å²) >= 11 is 1.66. The fourth-order valence-corrected chi connectivity index (χ4v) is 4.28. The van der Waals surface area contributed by atoms with E-state index in [0.717, 1.165) is 41.0 Å². The van der Waals surface area contributed by atoms with Gasteiger partial charge >= 0.3 is 0 Å². The van der Waals surface area contributed by atoms with Gasteiger partial charge < -0.3 is 19.7 Å². The summed E-state index contributed by atoms with van der Waals surface area (Å²) in [6, 6.07) is 5.74. The first-order valence-electron chi connectivity index (χ1n) is 8.99. The molecule has 2 aliphatic heterocycles. The number of hydrogen-bond donors (Lipinski definition) is 1. The van der Waals surface area contributed by atoms with Crippen molar-refractivity contribution in [1.29, 1.82) is 0 Å². The van der Waals surface area contributed by atoms with Gasteiger partial charge in [-0.2, -0.15) is 0 Å². The van der Waals surface area contributed by atoms with Crippen LogP contribution in [0.5, 0.6) is 11.5 Å². The number of carbonyl (C=O) groups excluding carboxylic acids is 1. The average Bonchev–Trinajstić information content (AvgIpc) is 3.36. The number of amides is 1. The second-order valence-corrected chi connectivity index (χ2v) is 7.56. The molecule has 0 spiro atoms. The Kier molecular flexibility index (Phi) is 4.97. The number of anilines is 1. The summed E-state index contributed by atoms with van der Waals surface area (Å²) in [7, 11) is 1.63. The van der Waals surface area contributed by atoms with Crippen molar-refractivity contribution in [1.82, 2.24) is 10.3 Å². The van der Waals surface area contributed by atoms with E-state index < -0.39 is 0 Å². The number of ether oxygens (including phenoxy) is 2. The monoisotopic (exact) mass is 373 g/mol. The third-order valence-electron chi connectivity index (χ3n) is 4.91. The third kappa shape index (κ3) is 3.62. The maximum absolute atomic E-state index is 12.5. The second-order valence-electron chi connectivity index (χ2n) is 6.72. The first-order chi connectivity index (χ1) is 12.7. The minimum Gasteiger partial charge on any atom is -0.497 e. The highest BCUT2D eigenvalue weighted by molar-refractivity contribution is 7.13. The zero-order valence-electron chi connectivity index (χ0n) is 14.9. The van der Waals surface area contributed by atoms with E-state index >= 15 is 0 Å². The Morgan fingerprint density at radius 2 is 2.27 bits per heavy atom. The Balaban J connectivity index is 1.32. The van der Waals surface area contributed by atoms with E-state index in [4.69, 9.17) is 9.47 Å². The van der Waals surface area contributed by atoms with Crippen LogP contribution in [-0.2, 0) is 17.8 Å². The Labute approximate surface area is 157 Å². The Morgan fingerprint density at radius 1 is 1.42 bits per heavy atom. The molecule has 0 saturated carbocycles. The molecule has 1 amide bonds. The first-order valence-corrected chi connectivity index (χ1v) is 9.87. The fraction of sp³-hybridized carbons (Fsp3) is 0.474. The molecule has 1 aromatic heterocycles. The van der Waals surface area contributed by atoms with Crippen LogP contribution in [0.3, 0.4) is 0 Å². The van der Waals surface area contributed by atoms with Crippen molar-refractivity contribution >= 4 is 22.4 Å². The summed E-state index contributed by atoms with van der Waals surface area (Å²) in [4.78, 5) is 19.5. The van der Waals surface area contributed by atoms with Crippen LogP contribution in [-0.4, -0.2) is 37.7 Å². The molecule has 6 nitrogen and oxygen atoms in total. The molecule has 7 heteroatoms. The van der Waals surface area contributed by atoms with Crippen molar-refractivity contribution in [2.75, 3.05) is 31.7 Å². The zero-order valence-corrected chi connectivity index (χ0v) is 15.7. The molecule has 26 heavy (non-hydrogen) atoms. The lowest BCUT2D eigenvalue weighted by Crippen LogP contribution is -2.37. The summed E-state index contributed by atoms with van der Waals surface area (Å²) in [5.41, 5.74) is 1.97. The molecule has 3 heterocycles. The number of fused-ring (bicyclic) bond motifs is 1. The molecule has 1 saturated heterocycles. The molecule has 2 aliphatic rings. The number of rotatable bonds is 5. The number of benzene rings is 1. The lowest BCUT2D eigenvalue weighted by Gasteiger charge is -2.24. The Bertz CT molecular complexity index is 786. The predicted octanol–water partition coefficient (Wildman–Crippen LogP) is 2.62. The van der Waals surface area contributed by atoms with Gasteiger partial charge in [-0.1, -0.05) is 6.07 Å². The van der Waals surface area contributed by atoms with E-state index in [1.54, 1.807) is 18.4 Å². The SMILES string of the molecule is COc1ccc2c(c1)OC[C@@H](C(=O)NCc1csc(N3CCCC3)n1)C2. The molecule has 1 fully saturated rings. The van der Waals surface area contributed by atoms with Gasteiger partial charge in [0.2, 0.25) is 5.91 Å². The van der Waals surface area contributed by atoms with Gasteiger partial charge in [0.25, 0.3) is 0 Å². The van der Waals surface area contributed by atoms with E-state index in [1.165, 1.54) is 12.8 Å². The van der Waals surface area contributed by atoms with Crippen LogP contribution in [0.1, 0.15) is 24.1 Å². The highest BCUT2D eigenvalue weighted by Gasteiger charge is 2.26. The van der Waals surface area contributed by atoms with Crippen molar-refractivity contribution in [3.63, 3.8) is 0 Å². The van der Waals surface area contributed by atoms with Crippen LogP contribution >= 0.6 is 11.3 Å². The molecule has 0 aliphatic carbocycles. The number of nitrogens with one attached hydrogen (secondary N) is 1. The Morgan fingerprint density at radius 3 is 3.08 bits per heavy atom. The zero-order chi connectivity index (χ0) is 17.9. The van der Waals surface area contributed by atoms with Gasteiger partial charge in [-0.05, 0) is 30.9 Å². The number of carbonyl (C=O) groups is 1.